The van der Waals surface area contributed by atoms with Gasteiger partial charge in [-0.25, -0.2) is 9.89 Å². The van der Waals surface area contributed by atoms with Crippen molar-refractivity contribution < 1.29 is 4.79 Å². The van der Waals surface area contributed by atoms with E-state index in [1.165, 1.54) is 6.20 Å². The van der Waals surface area contributed by atoms with Crippen LogP contribution >= 0.6 is 15.9 Å². The molecule has 3 heterocycles. The molecular formula is C13H14BrN5O2. The topological polar surface area (TPSA) is 92.7 Å². The predicted octanol–water partition coefficient (Wildman–Crippen LogP) is 0.864. The van der Waals surface area contributed by atoms with E-state index in [2.05, 4.69) is 36.4 Å². The highest BCUT2D eigenvalue weighted by Crippen LogP contribution is 2.13. The minimum Gasteiger partial charge on any atom is -0.349 e. The van der Waals surface area contributed by atoms with Gasteiger partial charge >= 0.3 is 5.69 Å². The van der Waals surface area contributed by atoms with Crippen LogP contribution in [0.5, 0.6) is 0 Å². The standard InChI is InChI=1S/C13H14BrN5O2/c14-9-5-8(6-15-7-9)12(20)16-10-1-2-11-17-18-13(21)19(11)4-3-10/h5-7,10H,1-4H2,(H,16,20)(H,18,21). The average Bonchev–Trinajstić information content (AvgIpc) is 2.69. The number of nitrogens with zero attached hydrogens (tertiary/aromatic N) is 3. The summed E-state index contributed by atoms with van der Waals surface area (Å²) in [6.45, 7) is 0.562. The third-order valence-electron chi connectivity index (χ3n) is 3.56. The van der Waals surface area contributed by atoms with Crippen molar-refractivity contribution in [3.63, 3.8) is 0 Å². The van der Waals surface area contributed by atoms with Crippen LogP contribution in [0, 0.1) is 0 Å². The number of aromatic amines is 1. The Bertz CT molecular complexity index is 723. The molecule has 0 aromatic carbocycles. The normalized spacial score (nSPS) is 17.9. The lowest BCUT2D eigenvalue weighted by Crippen LogP contribution is -2.35. The molecule has 3 rings (SSSR count). The van der Waals surface area contributed by atoms with Crippen LogP contribution in [0.3, 0.4) is 0 Å². The minimum absolute atomic E-state index is 0.0255. The van der Waals surface area contributed by atoms with E-state index in [1.807, 2.05) is 0 Å². The number of halogens is 1. The molecule has 110 valence electrons. The molecule has 1 amide bonds. The first kappa shape index (κ1) is 14.0. The van der Waals surface area contributed by atoms with Gasteiger partial charge in [-0.2, -0.15) is 5.10 Å². The molecular weight excluding hydrogens is 338 g/mol. The SMILES string of the molecule is O=C(NC1CCc2n[nH]c(=O)n2CC1)c1cncc(Br)c1. The van der Waals surface area contributed by atoms with Crippen molar-refractivity contribution in [1.82, 2.24) is 25.1 Å². The van der Waals surface area contributed by atoms with Gasteiger partial charge in [0.2, 0.25) is 0 Å². The molecule has 0 aliphatic carbocycles. The zero-order valence-electron chi connectivity index (χ0n) is 11.2. The van der Waals surface area contributed by atoms with E-state index in [0.29, 0.717) is 24.9 Å². The van der Waals surface area contributed by atoms with Crippen LogP contribution in [-0.2, 0) is 13.0 Å². The van der Waals surface area contributed by atoms with Gasteiger partial charge in [-0.15, -0.1) is 0 Å². The van der Waals surface area contributed by atoms with E-state index in [-0.39, 0.29) is 17.6 Å². The van der Waals surface area contributed by atoms with Gasteiger partial charge in [0.05, 0.1) is 5.56 Å². The van der Waals surface area contributed by atoms with Crippen LogP contribution in [0.4, 0.5) is 0 Å². The summed E-state index contributed by atoms with van der Waals surface area (Å²) in [4.78, 5) is 27.7. The molecule has 7 nitrogen and oxygen atoms in total. The fourth-order valence-corrected chi connectivity index (χ4v) is 2.82. The number of carbonyl (C=O) groups excluding carboxylic acids is 1. The third kappa shape index (κ3) is 3.05. The Hall–Kier alpha value is -1.96. The second-order valence-electron chi connectivity index (χ2n) is 4.99. The Morgan fingerprint density at radius 2 is 2.29 bits per heavy atom. The lowest BCUT2D eigenvalue weighted by Gasteiger charge is -2.15. The van der Waals surface area contributed by atoms with Crippen molar-refractivity contribution in [3.8, 4) is 0 Å². The molecule has 0 fully saturated rings. The maximum atomic E-state index is 12.2. The van der Waals surface area contributed by atoms with E-state index >= 15 is 0 Å². The summed E-state index contributed by atoms with van der Waals surface area (Å²) in [7, 11) is 0. The molecule has 2 aromatic heterocycles. The summed E-state index contributed by atoms with van der Waals surface area (Å²) in [5.41, 5.74) is 0.331. The molecule has 1 unspecified atom stereocenters. The predicted molar refractivity (Wildman–Crippen MR) is 79.0 cm³/mol. The Balaban J connectivity index is 1.67. The highest BCUT2D eigenvalue weighted by molar-refractivity contribution is 9.10. The van der Waals surface area contributed by atoms with Crippen molar-refractivity contribution in [2.24, 2.45) is 0 Å². The highest BCUT2D eigenvalue weighted by atomic mass is 79.9. The van der Waals surface area contributed by atoms with Crippen LogP contribution in [0.25, 0.3) is 0 Å². The number of pyridine rings is 1. The van der Waals surface area contributed by atoms with Gasteiger partial charge in [-0.3, -0.25) is 14.3 Å². The molecule has 1 atom stereocenters. The maximum Gasteiger partial charge on any atom is 0.343 e. The van der Waals surface area contributed by atoms with Gasteiger partial charge in [-0.05, 0) is 34.8 Å². The number of hydrogen-bond donors (Lipinski definition) is 2. The summed E-state index contributed by atoms with van der Waals surface area (Å²) in [6, 6.07) is 1.76. The van der Waals surface area contributed by atoms with Gasteiger partial charge in [0.15, 0.2) is 0 Å². The van der Waals surface area contributed by atoms with Gasteiger partial charge < -0.3 is 5.32 Å². The number of fused-ring (bicyclic) bond motifs is 1. The van der Waals surface area contributed by atoms with Crippen LogP contribution < -0.4 is 11.0 Å². The van der Waals surface area contributed by atoms with Crippen molar-refractivity contribution in [2.75, 3.05) is 0 Å². The quantitative estimate of drug-likeness (QED) is 0.839. The fraction of sp³-hybridized carbons (Fsp3) is 0.385. The third-order valence-corrected chi connectivity index (χ3v) is 3.99. The molecule has 0 saturated carbocycles. The molecule has 0 spiro atoms. The zero-order valence-corrected chi connectivity index (χ0v) is 12.8. The summed E-state index contributed by atoms with van der Waals surface area (Å²) in [5.74, 6) is 0.600. The van der Waals surface area contributed by atoms with E-state index < -0.39 is 0 Å². The number of carbonyl (C=O) groups is 1. The van der Waals surface area contributed by atoms with Crippen LogP contribution in [0.2, 0.25) is 0 Å². The molecule has 0 bridgehead atoms. The van der Waals surface area contributed by atoms with Crippen LogP contribution in [0.15, 0.2) is 27.7 Å². The molecule has 0 radical (unpaired) electrons. The van der Waals surface area contributed by atoms with E-state index in [9.17, 15) is 9.59 Å². The molecule has 2 aromatic rings. The molecule has 1 aliphatic heterocycles. The summed E-state index contributed by atoms with van der Waals surface area (Å²) in [5, 5.41) is 9.44. The second kappa shape index (κ2) is 5.80. The van der Waals surface area contributed by atoms with Crippen molar-refractivity contribution in [3.05, 3.63) is 44.8 Å². The van der Waals surface area contributed by atoms with E-state index in [1.54, 1.807) is 16.8 Å². The van der Waals surface area contributed by atoms with Crippen LogP contribution in [0.1, 0.15) is 29.0 Å². The first-order valence-electron chi connectivity index (χ1n) is 6.69. The molecule has 1 aliphatic rings. The first-order chi connectivity index (χ1) is 10.1. The van der Waals surface area contributed by atoms with Gasteiger partial charge in [0.1, 0.15) is 5.82 Å². The minimum atomic E-state index is -0.187. The van der Waals surface area contributed by atoms with Gasteiger partial charge in [0.25, 0.3) is 5.91 Å². The summed E-state index contributed by atoms with van der Waals surface area (Å²) < 4.78 is 2.40. The summed E-state index contributed by atoms with van der Waals surface area (Å²) in [6.07, 6.45) is 5.30. The molecule has 8 heteroatoms. The zero-order chi connectivity index (χ0) is 14.8. The molecule has 0 saturated heterocycles. The van der Waals surface area contributed by atoms with E-state index in [0.717, 1.165) is 16.7 Å². The van der Waals surface area contributed by atoms with Gasteiger partial charge in [-0.1, -0.05) is 0 Å². The number of amides is 1. The Labute approximate surface area is 128 Å². The van der Waals surface area contributed by atoms with Gasteiger partial charge in [0, 0.05) is 35.9 Å². The maximum absolute atomic E-state index is 12.2. The van der Waals surface area contributed by atoms with Crippen molar-refractivity contribution in [2.45, 2.75) is 31.8 Å². The Morgan fingerprint density at radius 1 is 1.43 bits per heavy atom. The number of rotatable bonds is 2. The number of nitrogens with one attached hydrogen (secondary N) is 2. The molecule has 21 heavy (non-hydrogen) atoms. The Morgan fingerprint density at radius 3 is 3.10 bits per heavy atom. The number of H-pyrrole nitrogens is 1. The number of aromatic nitrogens is 4. The summed E-state index contributed by atoms with van der Waals surface area (Å²) >= 11 is 3.30. The van der Waals surface area contributed by atoms with E-state index in [4.69, 9.17) is 0 Å². The first-order valence-corrected chi connectivity index (χ1v) is 7.48. The highest BCUT2D eigenvalue weighted by Gasteiger charge is 2.20. The monoisotopic (exact) mass is 351 g/mol. The average molecular weight is 352 g/mol. The lowest BCUT2D eigenvalue weighted by molar-refractivity contribution is 0.0932. The van der Waals surface area contributed by atoms with Crippen molar-refractivity contribution >= 4 is 21.8 Å². The van der Waals surface area contributed by atoms with Crippen LogP contribution in [-0.4, -0.2) is 31.7 Å². The van der Waals surface area contributed by atoms with Crippen molar-refractivity contribution in [1.29, 1.82) is 0 Å². The number of hydrogen-bond acceptors (Lipinski definition) is 4. The second-order valence-corrected chi connectivity index (χ2v) is 5.90. The largest absolute Gasteiger partial charge is 0.349 e. The number of aryl methyl sites for hydroxylation is 1. The smallest absolute Gasteiger partial charge is 0.343 e. The lowest BCUT2D eigenvalue weighted by atomic mass is 10.1. The molecule has 2 N–H and O–H groups in total. The Kier molecular flexibility index (Phi) is 3.87. The fourth-order valence-electron chi connectivity index (χ4n) is 2.45.